The summed E-state index contributed by atoms with van der Waals surface area (Å²) in [5, 5.41) is 0. The van der Waals surface area contributed by atoms with Crippen LogP contribution >= 0.6 is 11.3 Å². The van der Waals surface area contributed by atoms with Crippen molar-refractivity contribution in [3.8, 4) is 10.4 Å². The number of amides is 1. The molecule has 2 saturated heterocycles. The highest BCUT2D eigenvalue weighted by molar-refractivity contribution is 7.17. The van der Waals surface area contributed by atoms with Crippen LogP contribution in [-0.2, 0) is 22.3 Å². The average Bonchev–Trinajstić information content (AvgIpc) is 3.29. The van der Waals surface area contributed by atoms with Gasteiger partial charge in [-0.3, -0.25) is 4.79 Å². The number of carbonyl (C=O) groups is 1. The quantitative estimate of drug-likeness (QED) is 0.786. The zero-order valence-corrected chi connectivity index (χ0v) is 14.9. The summed E-state index contributed by atoms with van der Waals surface area (Å²) in [7, 11) is 0. The molecule has 2 fully saturated rings. The summed E-state index contributed by atoms with van der Waals surface area (Å²) in [6.45, 7) is 2.76. The van der Waals surface area contributed by atoms with Crippen molar-refractivity contribution in [2.45, 2.75) is 31.5 Å². The Bertz CT molecular complexity index is 812. The maximum absolute atomic E-state index is 13.0. The molecule has 5 rings (SSSR count). The van der Waals surface area contributed by atoms with Gasteiger partial charge in [0.25, 0.3) is 5.91 Å². The molecule has 5 heteroatoms. The number of rotatable bonds is 1. The Balaban J connectivity index is 1.37. The van der Waals surface area contributed by atoms with Gasteiger partial charge < -0.3 is 14.4 Å². The first-order chi connectivity index (χ1) is 12.2. The number of fused-ring (bicyclic) bond motifs is 3. The number of hydrogen-bond acceptors (Lipinski definition) is 4. The van der Waals surface area contributed by atoms with Crippen LogP contribution in [0.15, 0.2) is 30.3 Å². The molecule has 0 N–H and O–H groups in total. The van der Waals surface area contributed by atoms with Crippen molar-refractivity contribution in [1.82, 2.24) is 4.90 Å². The Morgan fingerprint density at radius 3 is 2.56 bits per heavy atom. The SMILES string of the molecule is O=C(c1cc2c(s1)-c1ccccc1CC2)N1CCC2(CC1)OCCO2. The minimum Gasteiger partial charge on any atom is -0.347 e. The molecule has 1 aromatic heterocycles. The molecular formula is C20H21NO3S. The van der Waals surface area contributed by atoms with Crippen LogP contribution in [0, 0.1) is 0 Å². The fraction of sp³-hybridized carbons (Fsp3) is 0.450. The first-order valence-corrected chi connectivity index (χ1v) is 9.84. The molecule has 0 radical (unpaired) electrons. The number of ether oxygens (including phenoxy) is 2. The molecule has 4 nitrogen and oxygen atoms in total. The molecule has 3 aliphatic rings. The predicted octanol–water partition coefficient (Wildman–Crippen LogP) is 3.49. The molecule has 1 aromatic carbocycles. The molecule has 25 heavy (non-hydrogen) atoms. The van der Waals surface area contributed by atoms with Gasteiger partial charge in [-0.15, -0.1) is 11.3 Å². The molecule has 0 unspecified atom stereocenters. The van der Waals surface area contributed by atoms with Crippen LogP contribution in [0.5, 0.6) is 0 Å². The summed E-state index contributed by atoms with van der Waals surface area (Å²) in [6, 6.07) is 10.7. The maximum Gasteiger partial charge on any atom is 0.263 e. The highest BCUT2D eigenvalue weighted by atomic mass is 32.1. The molecule has 1 aliphatic carbocycles. The van der Waals surface area contributed by atoms with Crippen LogP contribution in [0.2, 0.25) is 0 Å². The summed E-state index contributed by atoms with van der Waals surface area (Å²) in [4.78, 5) is 17.1. The summed E-state index contributed by atoms with van der Waals surface area (Å²) in [5.74, 6) is -0.269. The Kier molecular flexibility index (Phi) is 3.69. The number of piperidine rings is 1. The molecule has 0 saturated carbocycles. The van der Waals surface area contributed by atoms with Gasteiger partial charge >= 0.3 is 0 Å². The van der Waals surface area contributed by atoms with Gasteiger partial charge in [0.2, 0.25) is 0 Å². The van der Waals surface area contributed by atoms with Gasteiger partial charge in [-0.05, 0) is 35.6 Å². The molecular weight excluding hydrogens is 334 g/mol. The molecule has 2 aliphatic heterocycles. The number of hydrogen-bond donors (Lipinski definition) is 0. The third-order valence-electron chi connectivity index (χ3n) is 5.57. The fourth-order valence-electron chi connectivity index (χ4n) is 4.17. The van der Waals surface area contributed by atoms with E-state index in [1.165, 1.54) is 21.6 Å². The summed E-state index contributed by atoms with van der Waals surface area (Å²) < 4.78 is 11.5. The van der Waals surface area contributed by atoms with E-state index in [9.17, 15) is 4.79 Å². The van der Waals surface area contributed by atoms with Crippen molar-refractivity contribution in [1.29, 1.82) is 0 Å². The monoisotopic (exact) mass is 355 g/mol. The zero-order valence-electron chi connectivity index (χ0n) is 14.1. The lowest BCUT2D eigenvalue weighted by Gasteiger charge is -2.37. The van der Waals surface area contributed by atoms with Crippen molar-refractivity contribution < 1.29 is 14.3 Å². The number of aryl methyl sites for hydroxylation is 2. The predicted molar refractivity (Wildman–Crippen MR) is 96.9 cm³/mol. The minimum atomic E-state index is -0.426. The molecule has 0 atom stereocenters. The first kappa shape index (κ1) is 15.6. The van der Waals surface area contributed by atoms with E-state index in [0.29, 0.717) is 26.3 Å². The van der Waals surface area contributed by atoms with E-state index in [2.05, 4.69) is 30.3 Å². The van der Waals surface area contributed by atoms with E-state index in [4.69, 9.17) is 9.47 Å². The highest BCUT2D eigenvalue weighted by Crippen LogP contribution is 2.40. The lowest BCUT2D eigenvalue weighted by molar-refractivity contribution is -0.181. The Labute approximate surface area is 151 Å². The van der Waals surface area contributed by atoms with Crippen LogP contribution < -0.4 is 0 Å². The average molecular weight is 355 g/mol. The smallest absolute Gasteiger partial charge is 0.263 e. The molecule has 1 spiro atoms. The molecule has 3 heterocycles. The van der Waals surface area contributed by atoms with E-state index in [1.807, 2.05) is 4.90 Å². The van der Waals surface area contributed by atoms with Crippen molar-refractivity contribution >= 4 is 17.2 Å². The Morgan fingerprint density at radius 1 is 1.04 bits per heavy atom. The maximum atomic E-state index is 13.0. The number of benzene rings is 1. The van der Waals surface area contributed by atoms with E-state index in [1.54, 1.807) is 11.3 Å². The largest absolute Gasteiger partial charge is 0.347 e. The number of carbonyl (C=O) groups excluding carboxylic acids is 1. The van der Waals surface area contributed by atoms with Crippen molar-refractivity contribution in [2.75, 3.05) is 26.3 Å². The van der Waals surface area contributed by atoms with Crippen LogP contribution in [0.4, 0.5) is 0 Å². The van der Waals surface area contributed by atoms with Crippen molar-refractivity contribution in [3.63, 3.8) is 0 Å². The molecule has 130 valence electrons. The van der Waals surface area contributed by atoms with Gasteiger partial charge in [0.05, 0.1) is 18.1 Å². The topological polar surface area (TPSA) is 38.8 Å². The van der Waals surface area contributed by atoms with Gasteiger partial charge in [0.15, 0.2) is 5.79 Å². The third kappa shape index (κ3) is 2.62. The normalized spacial score (nSPS) is 21.2. The second-order valence-corrected chi connectivity index (χ2v) is 8.07. The lowest BCUT2D eigenvalue weighted by atomic mass is 9.91. The fourth-order valence-corrected chi connectivity index (χ4v) is 5.41. The van der Waals surface area contributed by atoms with Gasteiger partial charge in [0.1, 0.15) is 0 Å². The van der Waals surface area contributed by atoms with Gasteiger partial charge in [0, 0.05) is 30.8 Å². The lowest BCUT2D eigenvalue weighted by Crippen LogP contribution is -2.47. The molecule has 0 bridgehead atoms. The molecule has 2 aromatic rings. The second kappa shape index (κ2) is 5.94. The number of likely N-dealkylation sites (tertiary alicyclic amines) is 1. The van der Waals surface area contributed by atoms with Crippen LogP contribution in [0.3, 0.4) is 0 Å². The number of thiophene rings is 1. The van der Waals surface area contributed by atoms with Crippen LogP contribution in [0.1, 0.15) is 33.6 Å². The number of nitrogens with zero attached hydrogens (tertiary/aromatic N) is 1. The summed E-state index contributed by atoms with van der Waals surface area (Å²) in [5.41, 5.74) is 4.02. The highest BCUT2D eigenvalue weighted by Gasteiger charge is 2.41. The molecule has 1 amide bonds. The van der Waals surface area contributed by atoms with Crippen LogP contribution in [0.25, 0.3) is 10.4 Å². The van der Waals surface area contributed by atoms with Crippen LogP contribution in [-0.4, -0.2) is 42.9 Å². The van der Waals surface area contributed by atoms with Crippen molar-refractivity contribution in [3.05, 3.63) is 46.3 Å². The van der Waals surface area contributed by atoms with Gasteiger partial charge in [-0.1, -0.05) is 24.3 Å². The van der Waals surface area contributed by atoms with Gasteiger partial charge in [-0.25, -0.2) is 0 Å². The first-order valence-electron chi connectivity index (χ1n) is 9.02. The standard InChI is InChI=1S/C20H21NO3S/c22-19(21-9-7-20(8-10-21)23-11-12-24-20)17-13-15-6-5-14-3-1-2-4-16(14)18(15)25-17/h1-4,13H,5-12H2. The van der Waals surface area contributed by atoms with E-state index in [0.717, 1.165) is 30.6 Å². The van der Waals surface area contributed by atoms with E-state index in [-0.39, 0.29) is 5.91 Å². The van der Waals surface area contributed by atoms with E-state index < -0.39 is 5.79 Å². The second-order valence-electron chi connectivity index (χ2n) is 7.02. The summed E-state index contributed by atoms with van der Waals surface area (Å²) in [6.07, 6.45) is 3.63. The third-order valence-corrected chi connectivity index (χ3v) is 6.77. The summed E-state index contributed by atoms with van der Waals surface area (Å²) >= 11 is 1.65. The Hall–Kier alpha value is -1.69. The zero-order chi connectivity index (χ0) is 16.9. The van der Waals surface area contributed by atoms with Crippen molar-refractivity contribution in [2.24, 2.45) is 0 Å². The van der Waals surface area contributed by atoms with E-state index >= 15 is 0 Å². The van der Waals surface area contributed by atoms with Gasteiger partial charge in [-0.2, -0.15) is 0 Å². The minimum absolute atomic E-state index is 0.157. The Morgan fingerprint density at radius 2 is 1.76 bits per heavy atom.